The lowest BCUT2D eigenvalue weighted by atomic mass is 10.0. The van der Waals surface area contributed by atoms with Crippen molar-refractivity contribution in [3.63, 3.8) is 0 Å². The van der Waals surface area contributed by atoms with Crippen molar-refractivity contribution in [2.45, 2.75) is 35.9 Å². The van der Waals surface area contributed by atoms with Crippen molar-refractivity contribution < 1.29 is 4.39 Å². The minimum atomic E-state index is -0.236. The van der Waals surface area contributed by atoms with E-state index in [1.807, 2.05) is 19.9 Å². The summed E-state index contributed by atoms with van der Waals surface area (Å²) in [7, 11) is 0. The van der Waals surface area contributed by atoms with Crippen molar-refractivity contribution in [2.75, 3.05) is 0 Å². The van der Waals surface area contributed by atoms with Gasteiger partial charge in [-0.2, -0.15) is 4.37 Å². The monoisotopic (exact) mass is 297 g/mol. The van der Waals surface area contributed by atoms with Gasteiger partial charge in [-0.3, -0.25) is 0 Å². The van der Waals surface area contributed by atoms with Gasteiger partial charge in [-0.15, -0.1) is 0 Å². The maximum atomic E-state index is 13.4. The number of nitrogens with zero attached hydrogens (tertiary/aromatic N) is 2. The van der Waals surface area contributed by atoms with Crippen LogP contribution >= 0.6 is 23.3 Å². The average Bonchev–Trinajstić information content (AvgIpc) is 2.80. The Morgan fingerprint density at radius 3 is 2.84 bits per heavy atom. The lowest BCUT2D eigenvalue weighted by molar-refractivity contribution is 0.610. The standard InChI is InChI=1S/C13H16FN3S2/c1-3-11(15)12(9-5-4-6-10(14)7-9)18-13-16-8(2)17-19-13/h4-7,11-12H,3,15H2,1-2H3. The number of hydrogen-bond acceptors (Lipinski definition) is 5. The molecule has 6 heteroatoms. The zero-order valence-electron chi connectivity index (χ0n) is 10.8. The van der Waals surface area contributed by atoms with Crippen molar-refractivity contribution in [2.24, 2.45) is 5.73 Å². The first-order valence-corrected chi connectivity index (χ1v) is 7.73. The van der Waals surface area contributed by atoms with Crippen LogP contribution in [0.5, 0.6) is 0 Å². The van der Waals surface area contributed by atoms with Gasteiger partial charge in [0.05, 0.1) is 5.25 Å². The van der Waals surface area contributed by atoms with Gasteiger partial charge in [0.2, 0.25) is 0 Å². The predicted octanol–water partition coefficient (Wildman–Crippen LogP) is 3.56. The summed E-state index contributed by atoms with van der Waals surface area (Å²) in [6.45, 7) is 3.89. The molecule has 2 N–H and O–H groups in total. The molecule has 19 heavy (non-hydrogen) atoms. The molecule has 2 rings (SSSR count). The van der Waals surface area contributed by atoms with Crippen molar-refractivity contribution >= 4 is 23.3 Å². The third kappa shape index (κ3) is 3.75. The average molecular weight is 297 g/mol. The Morgan fingerprint density at radius 1 is 1.47 bits per heavy atom. The summed E-state index contributed by atoms with van der Waals surface area (Å²) < 4.78 is 18.4. The fourth-order valence-corrected chi connectivity index (χ4v) is 3.81. The Labute approximate surface area is 120 Å². The third-order valence-electron chi connectivity index (χ3n) is 2.77. The van der Waals surface area contributed by atoms with Crippen LogP contribution in [0.1, 0.15) is 30.0 Å². The van der Waals surface area contributed by atoms with Crippen LogP contribution < -0.4 is 5.73 Å². The van der Waals surface area contributed by atoms with E-state index >= 15 is 0 Å². The van der Waals surface area contributed by atoms with Gasteiger partial charge in [-0.1, -0.05) is 30.8 Å². The SMILES string of the molecule is CCC(N)C(Sc1nc(C)ns1)c1cccc(F)c1. The van der Waals surface area contributed by atoms with E-state index in [0.717, 1.165) is 22.1 Å². The van der Waals surface area contributed by atoms with E-state index in [-0.39, 0.29) is 17.1 Å². The van der Waals surface area contributed by atoms with Crippen LogP contribution in [0.3, 0.4) is 0 Å². The molecule has 0 aliphatic carbocycles. The first-order valence-electron chi connectivity index (χ1n) is 6.08. The van der Waals surface area contributed by atoms with E-state index in [1.165, 1.54) is 17.6 Å². The predicted molar refractivity (Wildman–Crippen MR) is 77.9 cm³/mol. The molecule has 0 saturated heterocycles. The lowest BCUT2D eigenvalue weighted by Crippen LogP contribution is -2.25. The van der Waals surface area contributed by atoms with Crippen LogP contribution in [0, 0.1) is 12.7 Å². The van der Waals surface area contributed by atoms with Crippen molar-refractivity contribution in [1.29, 1.82) is 0 Å². The molecule has 1 aromatic carbocycles. The molecule has 2 aromatic rings. The highest BCUT2D eigenvalue weighted by Crippen LogP contribution is 2.38. The molecule has 0 radical (unpaired) electrons. The van der Waals surface area contributed by atoms with E-state index in [9.17, 15) is 4.39 Å². The molecule has 2 atom stereocenters. The first-order chi connectivity index (χ1) is 9.10. The van der Waals surface area contributed by atoms with Gasteiger partial charge in [0.1, 0.15) is 11.6 Å². The van der Waals surface area contributed by atoms with Crippen LogP contribution in [-0.2, 0) is 0 Å². The highest BCUT2D eigenvalue weighted by atomic mass is 32.2. The molecule has 2 unspecified atom stereocenters. The maximum Gasteiger partial charge on any atom is 0.170 e. The fourth-order valence-electron chi connectivity index (χ4n) is 1.73. The van der Waals surface area contributed by atoms with Crippen LogP contribution in [0.15, 0.2) is 28.6 Å². The molecular weight excluding hydrogens is 281 g/mol. The largest absolute Gasteiger partial charge is 0.326 e. The third-order valence-corrected chi connectivity index (χ3v) is 5.06. The number of aryl methyl sites for hydroxylation is 1. The molecule has 0 amide bonds. The van der Waals surface area contributed by atoms with E-state index in [4.69, 9.17) is 5.73 Å². The Bertz CT molecular complexity index is 544. The van der Waals surface area contributed by atoms with Crippen LogP contribution in [-0.4, -0.2) is 15.4 Å². The Morgan fingerprint density at radius 2 is 2.26 bits per heavy atom. The minimum Gasteiger partial charge on any atom is -0.326 e. The summed E-state index contributed by atoms with van der Waals surface area (Å²) >= 11 is 2.91. The number of hydrogen-bond donors (Lipinski definition) is 1. The highest BCUT2D eigenvalue weighted by molar-refractivity contribution is 8.01. The normalized spacial score (nSPS) is 14.3. The molecule has 0 aliphatic rings. The van der Waals surface area contributed by atoms with E-state index in [1.54, 1.807) is 23.9 Å². The van der Waals surface area contributed by atoms with Crippen molar-refractivity contribution in [1.82, 2.24) is 9.36 Å². The number of benzene rings is 1. The summed E-state index contributed by atoms with van der Waals surface area (Å²) in [6, 6.07) is 6.56. The first kappa shape index (κ1) is 14.4. The molecule has 0 aliphatic heterocycles. The van der Waals surface area contributed by atoms with Gasteiger partial charge >= 0.3 is 0 Å². The van der Waals surface area contributed by atoms with Gasteiger partial charge in [-0.25, -0.2) is 9.37 Å². The summed E-state index contributed by atoms with van der Waals surface area (Å²) in [5.74, 6) is 0.524. The van der Waals surface area contributed by atoms with Crippen LogP contribution in [0.2, 0.25) is 0 Å². The summed E-state index contributed by atoms with van der Waals surface area (Å²) in [5, 5.41) is -0.00644. The second-order valence-electron chi connectivity index (χ2n) is 4.27. The molecule has 1 heterocycles. The van der Waals surface area contributed by atoms with Crippen LogP contribution in [0.4, 0.5) is 4.39 Å². The number of halogens is 1. The van der Waals surface area contributed by atoms with E-state index in [0.29, 0.717) is 0 Å². The van der Waals surface area contributed by atoms with E-state index < -0.39 is 0 Å². The van der Waals surface area contributed by atoms with Crippen LogP contribution in [0.25, 0.3) is 0 Å². The summed E-state index contributed by atoms with van der Waals surface area (Å²) in [6.07, 6.45) is 0.825. The molecule has 102 valence electrons. The molecule has 1 aromatic heterocycles. The van der Waals surface area contributed by atoms with E-state index in [2.05, 4.69) is 9.36 Å². The topological polar surface area (TPSA) is 51.8 Å². The molecule has 0 spiro atoms. The zero-order valence-corrected chi connectivity index (χ0v) is 12.5. The smallest absolute Gasteiger partial charge is 0.170 e. The Kier molecular flexibility index (Phi) is 4.90. The number of rotatable bonds is 5. The molecule has 0 saturated carbocycles. The highest BCUT2D eigenvalue weighted by Gasteiger charge is 2.22. The van der Waals surface area contributed by atoms with Crippen molar-refractivity contribution in [3.05, 3.63) is 41.5 Å². The summed E-state index contributed by atoms with van der Waals surface area (Å²) in [4.78, 5) is 4.34. The van der Waals surface area contributed by atoms with Gasteiger partial charge < -0.3 is 5.73 Å². The van der Waals surface area contributed by atoms with Crippen molar-refractivity contribution in [3.8, 4) is 0 Å². The Balaban J connectivity index is 2.25. The second-order valence-corrected chi connectivity index (χ2v) is 6.41. The lowest BCUT2D eigenvalue weighted by Gasteiger charge is -2.21. The zero-order chi connectivity index (χ0) is 13.8. The number of nitrogens with two attached hydrogens (primary N) is 1. The molecule has 0 bridgehead atoms. The number of thioether (sulfide) groups is 1. The van der Waals surface area contributed by atoms with Gasteiger partial charge in [0.25, 0.3) is 0 Å². The molecule has 0 fully saturated rings. The summed E-state index contributed by atoms with van der Waals surface area (Å²) in [5.41, 5.74) is 7.06. The van der Waals surface area contributed by atoms with Gasteiger partial charge in [-0.05, 0) is 42.6 Å². The minimum absolute atomic E-state index is 0.00644. The fraction of sp³-hybridized carbons (Fsp3) is 0.385. The maximum absolute atomic E-state index is 13.4. The second kappa shape index (κ2) is 6.45. The van der Waals surface area contributed by atoms with Gasteiger partial charge in [0.15, 0.2) is 4.34 Å². The van der Waals surface area contributed by atoms with Gasteiger partial charge in [0, 0.05) is 6.04 Å². The molecule has 3 nitrogen and oxygen atoms in total. The quantitative estimate of drug-likeness (QED) is 0.857. The number of aromatic nitrogens is 2. The molecular formula is C13H16FN3S2. The Hall–Kier alpha value is -0.980.